The predicted molar refractivity (Wildman–Crippen MR) is 77.4 cm³/mol. The summed E-state index contributed by atoms with van der Waals surface area (Å²) in [6.07, 6.45) is 2.48. The second-order valence-electron chi connectivity index (χ2n) is 5.39. The molecule has 0 radical (unpaired) electrons. The summed E-state index contributed by atoms with van der Waals surface area (Å²) in [5.41, 5.74) is 3.78. The molecule has 3 heterocycles. The van der Waals surface area contributed by atoms with Crippen LogP contribution in [0.15, 0.2) is 16.0 Å². The van der Waals surface area contributed by atoms with Crippen molar-refractivity contribution in [2.45, 2.75) is 46.2 Å². The zero-order valence-electron chi connectivity index (χ0n) is 11.8. The lowest BCUT2D eigenvalue weighted by atomic mass is 10.0. The van der Waals surface area contributed by atoms with Crippen LogP contribution < -0.4 is 0 Å². The van der Waals surface area contributed by atoms with Crippen LogP contribution in [0.3, 0.4) is 0 Å². The molecule has 0 saturated carbocycles. The van der Waals surface area contributed by atoms with Gasteiger partial charge in [-0.1, -0.05) is 5.16 Å². The van der Waals surface area contributed by atoms with Crippen molar-refractivity contribution in [2.24, 2.45) is 0 Å². The molecule has 2 aromatic heterocycles. The second-order valence-corrected chi connectivity index (χ2v) is 6.39. The fourth-order valence-corrected chi connectivity index (χ4v) is 3.99. The molecule has 3 nitrogen and oxygen atoms in total. The summed E-state index contributed by atoms with van der Waals surface area (Å²) in [4.78, 5) is 4.06. The van der Waals surface area contributed by atoms with Gasteiger partial charge in [-0.2, -0.15) is 0 Å². The van der Waals surface area contributed by atoms with Crippen molar-refractivity contribution in [2.75, 3.05) is 6.54 Å². The maximum atomic E-state index is 5.34. The number of aryl methyl sites for hydroxylation is 3. The van der Waals surface area contributed by atoms with Crippen molar-refractivity contribution in [1.82, 2.24) is 10.1 Å². The van der Waals surface area contributed by atoms with E-state index in [0.29, 0.717) is 6.04 Å². The molecule has 0 bridgehead atoms. The summed E-state index contributed by atoms with van der Waals surface area (Å²) in [5, 5.41) is 6.30. The summed E-state index contributed by atoms with van der Waals surface area (Å²) in [7, 11) is 0. The average molecular weight is 276 g/mol. The Labute approximate surface area is 118 Å². The van der Waals surface area contributed by atoms with Crippen LogP contribution in [0.1, 0.15) is 46.3 Å². The molecular weight excluding hydrogens is 256 g/mol. The molecule has 1 aliphatic heterocycles. The van der Waals surface area contributed by atoms with Gasteiger partial charge >= 0.3 is 0 Å². The fourth-order valence-electron chi connectivity index (χ4n) is 3.06. The number of thiophene rings is 1. The topological polar surface area (TPSA) is 29.3 Å². The zero-order valence-corrected chi connectivity index (χ0v) is 12.6. The van der Waals surface area contributed by atoms with Crippen LogP contribution in [0.5, 0.6) is 0 Å². The Hall–Kier alpha value is -1.13. The van der Waals surface area contributed by atoms with E-state index in [-0.39, 0.29) is 0 Å². The van der Waals surface area contributed by atoms with E-state index in [0.717, 1.165) is 18.0 Å². The quantitative estimate of drug-likeness (QED) is 0.848. The number of aromatic nitrogens is 1. The number of hydrogen-bond acceptors (Lipinski definition) is 4. The highest BCUT2D eigenvalue weighted by Gasteiger charge is 2.30. The van der Waals surface area contributed by atoms with E-state index in [4.69, 9.17) is 4.52 Å². The minimum absolute atomic E-state index is 0.479. The molecule has 3 rings (SSSR count). The number of likely N-dealkylation sites (tertiary alicyclic amines) is 1. The van der Waals surface area contributed by atoms with Gasteiger partial charge in [0.15, 0.2) is 0 Å². The third-order valence-corrected chi connectivity index (χ3v) is 5.11. The highest BCUT2D eigenvalue weighted by molar-refractivity contribution is 7.10. The first-order valence-electron chi connectivity index (χ1n) is 6.86. The summed E-state index contributed by atoms with van der Waals surface area (Å²) in [6, 6.07) is 2.69. The van der Waals surface area contributed by atoms with Crippen molar-refractivity contribution >= 4 is 11.3 Å². The number of nitrogens with zero attached hydrogens (tertiary/aromatic N) is 2. The maximum Gasteiger partial charge on any atom is 0.138 e. The Bertz CT molecular complexity index is 553. The van der Waals surface area contributed by atoms with Gasteiger partial charge in [-0.05, 0) is 57.2 Å². The minimum atomic E-state index is 0.479. The first-order chi connectivity index (χ1) is 9.16. The minimum Gasteiger partial charge on any atom is -0.361 e. The molecule has 1 atom stereocenters. The fraction of sp³-hybridized carbons (Fsp3) is 0.533. The highest BCUT2D eigenvalue weighted by Crippen LogP contribution is 2.37. The maximum absolute atomic E-state index is 5.34. The molecule has 0 spiro atoms. The van der Waals surface area contributed by atoms with Crippen LogP contribution in [0.2, 0.25) is 0 Å². The van der Waals surface area contributed by atoms with Crippen molar-refractivity contribution in [3.63, 3.8) is 0 Å². The van der Waals surface area contributed by atoms with Gasteiger partial charge in [-0.25, -0.2) is 0 Å². The van der Waals surface area contributed by atoms with E-state index >= 15 is 0 Å². The van der Waals surface area contributed by atoms with E-state index in [1.54, 1.807) is 0 Å². The molecule has 0 N–H and O–H groups in total. The molecule has 2 aromatic rings. The first-order valence-corrected chi connectivity index (χ1v) is 7.74. The molecular formula is C15H20N2OS. The van der Waals surface area contributed by atoms with Gasteiger partial charge in [0.05, 0.1) is 5.69 Å². The van der Waals surface area contributed by atoms with Gasteiger partial charge in [0, 0.05) is 23.0 Å². The second kappa shape index (κ2) is 5.10. The Morgan fingerprint density at radius 1 is 1.42 bits per heavy atom. The molecule has 4 heteroatoms. The van der Waals surface area contributed by atoms with Crippen molar-refractivity contribution in [1.29, 1.82) is 0 Å². The van der Waals surface area contributed by atoms with E-state index < -0.39 is 0 Å². The lowest BCUT2D eigenvalue weighted by Crippen LogP contribution is -2.23. The average Bonchev–Trinajstić information content (AvgIpc) is 3.05. The summed E-state index contributed by atoms with van der Waals surface area (Å²) in [6.45, 7) is 8.51. The van der Waals surface area contributed by atoms with Gasteiger partial charge in [0.2, 0.25) is 0 Å². The first kappa shape index (κ1) is 12.9. The highest BCUT2D eigenvalue weighted by atomic mass is 32.1. The molecule has 1 aliphatic rings. The lowest BCUT2D eigenvalue weighted by molar-refractivity contribution is 0.247. The Morgan fingerprint density at radius 2 is 2.26 bits per heavy atom. The van der Waals surface area contributed by atoms with E-state index in [1.165, 1.54) is 35.4 Å². The van der Waals surface area contributed by atoms with Gasteiger partial charge < -0.3 is 4.52 Å². The van der Waals surface area contributed by atoms with Crippen LogP contribution in [0, 0.1) is 20.8 Å². The molecule has 0 amide bonds. The predicted octanol–water partition coefficient (Wildman–Crippen LogP) is 4.00. The number of hydrogen-bond donors (Lipinski definition) is 0. The molecule has 0 unspecified atom stereocenters. The standard InChI is InChI=1S/C15H20N2OS/c1-10-6-8-19-14(10)9-17-7-4-5-13(17)15-11(2)16-18-12(15)3/h6,8,13H,4-5,7,9H2,1-3H3/t13-/m0/s1. The summed E-state index contributed by atoms with van der Waals surface area (Å²) < 4.78 is 5.34. The zero-order chi connectivity index (χ0) is 13.4. The Balaban J connectivity index is 1.84. The van der Waals surface area contributed by atoms with E-state index in [1.807, 2.05) is 18.3 Å². The Kier molecular flexibility index (Phi) is 3.46. The molecule has 1 fully saturated rings. The monoisotopic (exact) mass is 276 g/mol. The largest absolute Gasteiger partial charge is 0.361 e. The molecule has 102 valence electrons. The van der Waals surface area contributed by atoms with Gasteiger partial charge in [-0.15, -0.1) is 11.3 Å². The molecule has 1 saturated heterocycles. The summed E-state index contributed by atoms with van der Waals surface area (Å²) in [5.74, 6) is 0.984. The SMILES string of the molecule is Cc1ccsc1CN1CCC[C@H]1c1c(C)noc1C. The van der Waals surface area contributed by atoms with Crippen molar-refractivity contribution in [3.8, 4) is 0 Å². The summed E-state index contributed by atoms with van der Waals surface area (Å²) >= 11 is 1.86. The van der Waals surface area contributed by atoms with Gasteiger partial charge in [-0.3, -0.25) is 4.90 Å². The van der Waals surface area contributed by atoms with Crippen molar-refractivity contribution < 1.29 is 4.52 Å². The van der Waals surface area contributed by atoms with E-state index in [9.17, 15) is 0 Å². The van der Waals surface area contributed by atoms with E-state index in [2.05, 4.69) is 35.4 Å². The third-order valence-electron chi connectivity index (χ3n) is 4.10. The van der Waals surface area contributed by atoms with Crippen LogP contribution in [-0.2, 0) is 6.54 Å². The van der Waals surface area contributed by atoms with Crippen molar-refractivity contribution in [3.05, 3.63) is 38.9 Å². The van der Waals surface area contributed by atoms with Gasteiger partial charge in [0.1, 0.15) is 5.76 Å². The van der Waals surface area contributed by atoms with Crippen LogP contribution in [0.25, 0.3) is 0 Å². The van der Waals surface area contributed by atoms with Crippen LogP contribution in [0.4, 0.5) is 0 Å². The van der Waals surface area contributed by atoms with Gasteiger partial charge in [0.25, 0.3) is 0 Å². The molecule has 0 aromatic carbocycles. The van der Waals surface area contributed by atoms with Crippen LogP contribution in [-0.4, -0.2) is 16.6 Å². The lowest BCUT2D eigenvalue weighted by Gasteiger charge is -2.24. The third kappa shape index (κ3) is 2.35. The normalized spacial score (nSPS) is 20.3. The molecule has 19 heavy (non-hydrogen) atoms. The van der Waals surface area contributed by atoms with Crippen LogP contribution >= 0.6 is 11.3 Å². The number of rotatable bonds is 3. The molecule has 0 aliphatic carbocycles. The Morgan fingerprint density at radius 3 is 2.89 bits per heavy atom. The smallest absolute Gasteiger partial charge is 0.138 e.